The average Bonchev–Trinajstić information content (AvgIpc) is 2.12. The second-order valence-electron chi connectivity index (χ2n) is 1.90. The molecule has 4 nitrogen and oxygen atoms in total. The van der Waals surface area contributed by atoms with Gasteiger partial charge in [0.1, 0.15) is 16.3 Å². The minimum Gasteiger partial charge on any atom is -0.229 e. The molecule has 0 fully saturated rings. The van der Waals surface area contributed by atoms with Gasteiger partial charge in [-0.1, -0.05) is 0 Å². The summed E-state index contributed by atoms with van der Waals surface area (Å²) >= 11 is 1.25. The monoisotopic (exact) mass is 178 g/mol. The third-order valence-electron chi connectivity index (χ3n) is 0.791. The fraction of sp³-hybridized carbons (Fsp3) is 0.500. The molecule has 1 heterocycles. The standard InChI is InChI=1S/C4H6N2O2S2/c1-10(7,8)2-4-6-5-3-9-4/h3H,2H2,1H3. The summed E-state index contributed by atoms with van der Waals surface area (Å²) in [6, 6.07) is 0. The highest BCUT2D eigenvalue weighted by Gasteiger charge is 2.05. The SMILES string of the molecule is CS(=O)(=O)Cc1nncs1. The molecule has 6 heteroatoms. The summed E-state index contributed by atoms with van der Waals surface area (Å²) in [6.07, 6.45) is 1.18. The van der Waals surface area contributed by atoms with E-state index in [2.05, 4.69) is 10.2 Å². The topological polar surface area (TPSA) is 59.9 Å². The summed E-state index contributed by atoms with van der Waals surface area (Å²) in [4.78, 5) is 0. The summed E-state index contributed by atoms with van der Waals surface area (Å²) in [7, 11) is -2.94. The van der Waals surface area contributed by atoms with E-state index in [1.165, 1.54) is 23.1 Å². The van der Waals surface area contributed by atoms with Gasteiger partial charge in [0.15, 0.2) is 9.84 Å². The number of hydrogen-bond donors (Lipinski definition) is 0. The summed E-state index contributed by atoms with van der Waals surface area (Å²) < 4.78 is 21.3. The van der Waals surface area contributed by atoms with E-state index < -0.39 is 9.84 Å². The maximum atomic E-state index is 10.6. The van der Waals surface area contributed by atoms with Gasteiger partial charge in [0.05, 0.1) is 0 Å². The molecule has 0 saturated heterocycles. The van der Waals surface area contributed by atoms with Crippen LogP contribution in [0.3, 0.4) is 0 Å². The molecule has 0 atom stereocenters. The zero-order valence-corrected chi connectivity index (χ0v) is 6.94. The van der Waals surface area contributed by atoms with Gasteiger partial charge in [0.2, 0.25) is 0 Å². The average molecular weight is 178 g/mol. The predicted molar refractivity (Wildman–Crippen MR) is 38.5 cm³/mol. The third-order valence-corrected chi connectivity index (χ3v) is 2.47. The zero-order chi connectivity index (χ0) is 7.61. The van der Waals surface area contributed by atoms with Gasteiger partial charge in [-0.2, -0.15) is 0 Å². The first-order valence-electron chi connectivity index (χ1n) is 2.51. The van der Waals surface area contributed by atoms with E-state index in [4.69, 9.17) is 0 Å². The first-order chi connectivity index (χ1) is 4.58. The quantitative estimate of drug-likeness (QED) is 0.643. The van der Waals surface area contributed by atoms with E-state index in [0.29, 0.717) is 5.01 Å². The molecule has 0 aliphatic rings. The Balaban J connectivity index is 2.75. The van der Waals surface area contributed by atoms with Gasteiger partial charge in [0.25, 0.3) is 0 Å². The van der Waals surface area contributed by atoms with Gasteiger partial charge in [0, 0.05) is 6.26 Å². The maximum absolute atomic E-state index is 10.6. The van der Waals surface area contributed by atoms with Crippen molar-refractivity contribution in [3.63, 3.8) is 0 Å². The van der Waals surface area contributed by atoms with Crippen LogP contribution in [-0.2, 0) is 15.6 Å². The Labute approximate surface area is 62.8 Å². The third kappa shape index (κ3) is 2.40. The smallest absolute Gasteiger partial charge is 0.154 e. The highest BCUT2D eigenvalue weighted by Crippen LogP contribution is 2.05. The Bertz CT molecular complexity index is 289. The largest absolute Gasteiger partial charge is 0.229 e. The van der Waals surface area contributed by atoms with Crippen LogP contribution in [-0.4, -0.2) is 24.9 Å². The molecule has 0 aliphatic heterocycles. The van der Waals surface area contributed by atoms with Gasteiger partial charge in [-0.05, 0) is 0 Å². The number of sulfone groups is 1. The summed E-state index contributed by atoms with van der Waals surface area (Å²) in [5.74, 6) is -0.00231. The lowest BCUT2D eigenvalue weighted by atomic mass is 10.9. The normalized spacial score (nSPS) is 11.7. The molecular weight excluding hydrogens is 172 g/mol. The molecule has 1 rings (SSSR count). The highest BCUT2D eigenvalue weighted by molar-refractivity contribution is 7.90. The second kappa shape index (κ2) is 2.63. The van der Waals surface area contributed by atoms with Gasteiger partial charge in [-0.3, -0.25) is 0 Å². The molecule has 1 aromatic heterocycles. The minimum atomic E-state index is -2.94. The Morgan fingerprint density at radius 1 is 1.70 bits per heavy atom. The first-order valence-corrected chi connectivity index (χ1v) is 5.45. The van der Waals surface area contributed by atoms with Gasteiger partial charge in [-0.15, -0.1) is 21.5 Å². The van der Waals surface area contributed by atoms with Crippen molar-refractivity contribution in [1.29, 1.82) is 0 Å². The van der Waals surface area contributed by atoms with Crippen LogP contribution in [0, 0.1) is 0 Å². The van der Waals surface area contributed by atoms with Crippen molar-refractivity contribution in [3.8, 4) is 0 Å². The summed E-state index contributed by atoms with van der Waals surface area (Å²) in [5.41, 5.74) is 1.51. The van der Waals surface area contributed by atoms with Crippen molar-refractivity contribution >= 4 is 21.2 Å². The Kier molecular flexibility index (Phi) is 2.00. The lowest BCUT2D eigenvalue weighted by molar-refractivity contribution is 0.601. The number of nitrogens with zero attached hydrogens (tertiary/aromatic N) is 2. The van der Waals surface area contributed by atoms with E-state index in [0.717, 1.165) is 0 Å². The van der Waals surface area contributed by atoms with Crippen molar-refractivity contribution in [2.24, 2.45) is 0 Å². The van der Waals surface area contributed by atoms with Gasteiger partial charge < -0.3 is 0 Å². The molecule has 0 aromatic carbocycles. The fourth-order valence-corrected chi connectivity index (χ4v) is 2.21. The molecule has 0 unspecified atom stereocenters. The Morgan fingerprint density at radius 2 is 2.40 bits per heavy atom. The predicted octanol–water partition coefficient (Wildman–Crippen LogP) is 0.0827. The van der Waals surface area contributed by atoms with Crippen molar-refractivity contribution in [2.75, 3.05) is 6.26 Å². The number of rotatable bonds is 2. The van der Waals surface area contributed by atoms with Crippen LogP contribution < -0.4 is 0 Å². The van der Waals surface area contributed by atoms with Crippen LogP contribution in [0.25, 0.3) is 0 Å². The summed E-state index contributed by atoms with van der Waals surface area (Å²) in [6.45, 7) is 0. The van der Waals surface area contributed by atoms with Crippen molar-refractivity contribution in [1.82, 2.24) is 10.2 Å². The van der Waals surface area contributed by atoms with Crippen molar-refractivity contribution in [2.45, 2.75) is 5.75 Å². The van der Waals surface area contributed by atoms with E-state index in [9.17, 15) is 8.42 Å². The lowest BCUT2D eigenvalue weighted by Gasteiger charge is -1.88. The first kappa shape index (κ1) is 7.62. The van der Waals surface area contributed by atoms with Crippen LogP contribution in [0.1, 0.15) is 5.01 Å². The molecule has 56 valence electrons. The number of aromatic nitrogens is 2. The molecule has 10 heavy (non-hydrogen) atoms. The van der Waals surface area contributed by atoms with Crippen LogP contribution in [0.15, 0.2) is 5.51 Å². The molecule has 0 spiro atoms. The molecule has 1 aromatic rings. The van der Waals surface area contributed by atoms with Crippen LogP contribution in [0.4, 0.5) is 0 Å². The van der Waals surface area contributed by atoms with Crippen LogP contribution in [0.5, 0.6) is 0 Å². The molecule has 0 amide bonds. The maximum Gasteiger partial charge on any atom is 0.154 e. The molecular formula is C4H6N2O2S2. The molecule has 0 N–H and O–H groups in total. The molecule has 0 aliphatic carbocycles. The molecule has 0 radical (unpaired) electrons. The van der Waals surface area contributed by atoms with Crippen LogP contribution in [0.2, 0.25) is 0 Å². The highest BCUT2D eigenvalue weighted by atomic mass is 32.2. The lowest BCUT2D eigenvalue weighted by Crippen LogP contribution is -1.99. The van der Waals surface area contributed by atoms with Crippen molar-refractivity contribution in [3.05, 3.63) is 10.5 Å². The second-order valence-corrected chi connectivity index (χ2v) is 4.96. The van der Waals surface area contributed by atoms with E-state index >= 15 is 0 Å². The molecule has 0 saturated carbocycles. The van der Waals surface area contributed by atoms with Gasteiger partial charge in [-0.25, -0.2) is 8.42 Å². The van der Waals surface area contributed by atoms with E-state index in [-0.39, 0.29) is 5.75 Å². The Hall–Kier alpha value is -0.490. The van der Waals surface area contributed by atoms with E-state index in [1.807, 2.05) is 0 Å². The molecule has 0 bridgehead atoms. The van der Waals surface area contributed by atoms with Gasteiger partial charge >= 0.3 is 0 Å². The minimum absolute atomic E-state index is 0.00231. The number of hydrogen-bond acceptors (Lipinski definition) is 5. The van der Waals surface area contributed by atoms with Crippen molar-refractivity contribution < 1.29 is 8.42 Å². The van der Waals surface area contributed by atoms with Crippen LogP contribution >= 0.6 is 11.3 Å². The van der Waals surface area contributed by atoms with E-state index in [1.54, 1.807) is 0 Å². The fourth-order valence-electron chi connectivity index (χ4n) is 0.483. The summed E-state index contributed by atoms with van der Waals surface area (Å²) in [5, 5.41) is 7.65. The zero-order valence-electron chi connectivity index (χ0n) is 5.31. The Morgan fingerprint density at radius 3 is 2.80 bits per heavy atom.